The van der Waals surface area contributed by atoms with Crippen molar-refractivity contribution < 1.29 is 9.53 Å². The minimum Gasteiger partial charge on any atom is -0.466 e. The molecule has 0 N–H and O–H groups in total. The first-order valence-electron chi connectivity index (χ1n) is 7.82. The second kappa shape index (κ2) is 12.9. The van der Waals surface area contributed by atoms with Crippen molar-refractivity contribution >= 4 is 5.97 Å². The number of carbonyl (C=O) groups excluding carboxylic acids is 1. The highest BCUT2D eigenvalue weighted by atomic mass is 16.5. The van der Waals surface area contributed by atoms with Crippen molar-refractivity contribution in [3.05, 3.63) is 0 Å². The topological polar surface area (TPSA) is 26.3 Å². The Bertz CT molecular complexity index is 188. The van der Waals surface area contributed by atoms with Gasteiger partial charge < -0.3 is 4.74 Å². The van der Waals surface area contributed by atoms with Crippen molar-refractivity contribution in [1.29, 1.82) is 0 Å². The molecule has 0 heterocycles. The van der Waals surface area contributed by atoms with E-state index < -0.39 is 0 Å². The van der Waals surface area contributed by atoms with Crippen LogP contribution in [-0.4, -0.2) is 12.6 Å². The Labute approximate surface area is 113 Å². The van der Waals surface area contributed by atoms with E-state index in [2.05, 4.69) is 13.8 Å². The molecule has 0 bridgehead atoms. The maximum Gasteiger partial charge on any atom is 0.305 e. The Morgan fingerprint density at radius 2 is 1.39 bits per heavy atom. The number of carbonyl (C=O) groups is 1. The van der Waals surface area contributed by atoms with Crippen LogP contribution in [0.15, 0.2) is 0 Å². The van der Waals surface area contributed by atoms with Crippen LogP contribution in [0.2, 0.25) is 0 Å². The molecule has 0 unspecified atom stereocenters. The van der Waals surface area contributed by atoms with Crippen molar-refractivity contribution in [3.63, 3.8) is 0 Å². The zero-order chi connectivity index (χ0) is 13.6. The molecule has 0 amide bonds. The van der Waals surface area contributed by atoms with E-state index in [9.17, 15) is 4.79 Å². The van der Waals surface area contributed by atoms with Crippen LogP contribution in [0.3, 0.4) is 0 Å². The summed E-state index contributed by atoms with van der Waals surface area (Å²) in [6.45, 7) is 6.96. The molecule has 0 spiro atoms. The molecule has 108 valence electrons. The monoisotopic (exact) mass is 256 g/mol. The van der Waals surface area contributed by atoms with Gasteiger partial charge in [-0.3, -0.25) is 4.79 Å². The van der Waals surface area contributed by atoms with E-state index in [1.807, 2.05) is 6.92 Å². The smallest absolute Gasteiger partial charge is 0.305 e. The quantitative estimate of drug-likeness (QED) is 0.358. The van der Waals surface area contributed by atoms with Crippen LogP contribution < -0.4 is 0 Å². The van der Waals surface area contributed by atoms with Crippen LogP contribution in [0.4, 0.5) is 0 Å². The minimum absolute atomic E-state index is 0.0359. The van der Waals surface area contributed by atoms with Gasteiger partial charge in [-0.1, -0.05) is 65.2 Å². The van der Waals surface area contributed by atoms with Crippen molar-refractivity contribution in [2.75, 3.05) is 6.61 Å². The molecule has 0 saturated heterocycles. The Morgan fingerprint density at radius 1 is 0.889 bits per heavy atom. The standard InChI is InChI=1S/C16H32O2/c1-4-18-16(17)14-12-10-8-6-5-7-9-11-13-15(2)3/h15H,4-14H2,1-3H3. The van der Waals surface area contributed by atoms with E-state index in [0.717, 1.165) is 12.3 Å². The summed E-state index contributed by atoms with van der Waals surface area (Å²) in [7, 11) is 0. The molecule has 18 heavy (non-hydrogen) atoms. The lowest BCUT2D eigenvalue weighted by molar-refractivity contribution is -0.143. The number of ether oxygens (including phenoxy) is 1. The summed E-state index contributed by atoms with van der Waals surface area (Å²) >= 11 is 0. The molecule has 0 aromatic heterocycles. The molecule has 0 aromatic rings. The van der Waals surface area contributed by atoms with E-state index in [1.54, 1.807) is 0 Å². The number of esters is 1. The third kappa shape index (κ3) is 13.5. The molecule has 0 atom stereocenters. The van der Waals surface area contributed by atoms with E-state index in [4.69, 9.17) is 4.74 Å². The lowest BCUT2D eigenvalue weighted by atomic mass is 10.0. The first-order chi connectivity index (χ1) is 8.66. The van der Waals surface area contributed by atoms with Gasteiger partial charge in [0.15, 0.2) is 0 Å². The molecule has 0 aliphatic rings. The summed E-state index contributed by atoms with van der Waals surface area (Å²) in [5.41, 5.74) is 0. The normalized spacial score (nSPS) is 10.9. The van der Waals surface area contributed by atoms with Gasteiger partial charge in [-0.15, -0.1) is 0 Å². The van der Waals surface area contributed by atoms with Crippen LogP contribution in [-0.2, 0) is 9.53 Å². The predicted octanol–water partition coefficient (Wildman–Crippen LogP) is 5.11. The Hall–Kier alpha value is -0.530. The average Bonchev–Trinajstić information content (AvgIpc) is 2.31. The van der Waals surface area contributed by atoms with Gasteiger partial charge in [0.1, 0.15) is 0 Å². The number of unbranched alkanes of at least 4 members (excludes halogenated alkanes) is 7. The molecule has 2 heteroatoms. The predicted molar refractivity (Wildman–Crippen MR) is 77.6 cm³/mol. The van der Waals surface area contributed by atoms with Crippen LogP contribution in [0, 0.1) is 5.92 Å². The van der Waals surface area contributed by atoms with E-state index in [-0.39, 0.29) is 5.97 Å². The van der Waals surface area contributed by atoms with Crippen molar-refractivity contribution in [2.24, 2.45) is 5.92 Å². The molecule has 0 radical (unpaired) electrons. The summed E-state index contributed by atoms with van der Waals surface area (Å²) in [6, 6.07) is 0. The molecule has 0 aromatic carbocycles. The molecule has 0 aliphatic carbocycles. The summed E-state index contributed by atoms with van der Waals surface area (Å²) in [5, 5.41) is 0. The Kier molecular flexibility index (Phi) is 12.5. The zero-order valence-electron chi connectivity index (χ0n) is 12.7. The molecular weight excluding hydrogens is 224 g/mol. The third-order valence-electron chi connectivity index (χ3n) is 3.22. The van der Waals surface area contributed by atoms with Gasteiger partial charge in [0, 0.05) is 6.42 Å². The zero-order valence-corrected chi connectivity index (χ0v) is 12.7. The van der Waals surface area contributed by atoms with Gasteiger partial charge in [-0.2, -0.15) is 0 Å². The largest absolute Gasteiger partial charge is 0.466 e. The first-order valence-corrected chi connectivity index (χ1v) is 7.82. The fraction of sp³-hybridized carbons (Fsp3) is 0.938. The van der Waals surface area contributed by atoms with Crippen LogP contribution >= 0.6 is 0 Å². The van der Waals surface area contributed by atoms with Crippen LogP contribution in [0.1, 0.15) is 85.0 Å². The van der Waals surface area contributed by atoms with Crippen LogP contribution in [0.25, 0.3) is 0 Å². The Balaban J connectivity index is 3.05. The minimum atomic E-state index is -0.0359. The fourth-order valence-corrected chi connectivity index (χ4v) is 2.12. The fourth-order valence-electron chi connectivity index (χ4n) is 2.12. The van der Waals surface area contributed by atoms with Crippen molar-refractivity contribution in [1.82, 2.24) is 0 Å². The average molecular weight is 256 g/mol. The molecule has 0 aliphatic heterocycles. The summed E-state index contributed by atoms with van der Waals surface area (Å²) < 4.78 is 4.89. The van der Waals surface area contributed by atoms with Gasteiger partial charge in [0.05, 0.1) is 6.61 Å². The molecule has 0 rings (SSSR count). The number of hydrogen-bond donors (Lipinski definition) is 0. The second-order valence-electron chi connectivity index (χ2n) is 5.57. The first kappa shape index (κ1) is 17.5. The van der Waals surface area contributed by atoms with Crippen molar-refractivity contribution in [3.8, 4) is 0 Å². The SMILES string of the molecule is CCOC(=O)CCCCCCCCCCC(C)C. The van der Waals surface area contributed by atoms with Crippen molar-refractivity contribution in [2.45, 2.75) is 85.0 Å². The van der Waals surface area contributed by atoms with E-state index >= 15 is 0 Å². The van der Waals surface area contributed by atoms with Gasteiger partial charge in [0.2, 0.25) is 0 Å². The van der Waals surface area contributed by atoms with Gasteiger partial charge in [-0.25, -0.2) is 0 Å². The second-order valence-corrected chi connectivity index (χ2v) is 5.57. The maximum atomic E-state index is 11.1. The summed E-state index contributed by atoms with van der Waals surface area (Å²) in [4.78, 5) is 11.1. The number of rotatable bonds is 12. The van der Waals surface area contributed by atoms with Gasteiger partial charge in [-0.05, 0) is 19.3 Å². The highest BCUT2D eigenvalue weighted by Gasteiger charge is 2.00. The molecule has 2 nitrogen and oxygen atoms in total. The summed E-state index contributed by atoms with van der Waals surface area (Å²) in [5.74, 6) is 0.819. The lowest BCUT2D eigenvalue weighted by Crippen LogP contribution is -2.03. The molecule has 0 saturated carbocycles. The molecule has 0 fully saturated rings. The third-order valence-corrected chi connectivity index (χ3v) is 3.22. The van der Waals surface area contributed by atoms with Crippen LogP contribution in [0.5, 0.6) is 0 Å². The lowest BCUT2D eigenvalue weighted by Gasteiger charge is -2.04. The van der Waals surface area contributed by atoms with E-state index in [1.165, 1.54) is 51.4 Å². The highest BCUT2D eigenvalue weighted by Crippen LogP contribution is 2.13. The highest BCUT2D eigenvalue weighted by molar-refractivity contribution is 5.69. The van der Waals surface area contributed by atoms with Gasteiger partial charge in [0.25, 0.3) is 0 Å². The molecular formula is C16H32O2. The van der Waals surface area contributed by atoms with Gasteiger partial charge >= 0.3 is 5.97 Å². The van der Waals surface area contributed by atoms with E-state index in [0.29, 0.717) is 13.0 Å². The summed E-state index contributed by atoms with van der Waals surface area (Å²) in [6.07, 6.45) is 12.2. The number of hydrogen-bond acceptors (Lipinski definition) is 2. The maximum absolute atomic E-state index is 11.1. The Morgan fingerprint density at radius 3 is 1.89 bits per heavy atom.